The van der Waals surface area contributed by atoms with Crippen molar-refractivity contribution in [1.29, 1.82) is 0 Å². The van der Waals surface area contributed by atoms with E-state index in [2.05, 4.69) is 0 Å². The minimum atomic E-state index is -0.559. The molecule has 0 spiro atoms. The highest BCUT2D eigenvalue weighted by molar-refractivity contribution is 6.30. The van der Waals surface area contributed by atoms with Crippen molar-refractivity contribution >= 4 is 23.2 Å². The zero-order chi connectivity index (χ0) is 18.6. The number of halogens is 1. The second-order valence-corrected chi connectivity index (χ2v) is 5.70. The molecule has 2 rings (SSSR count). The number of non-ortho nitro benzene ring substituents is 1. The maximum atomic E-state index is 12.7. The number of methoxy groups -OCH3 is 2. The Balaban J connectivity index is 2.33. The number of hydrogen-bond donors (Lipinski definition) is 0. The smallest absolute Gasteiger partial charge is 0.270 e. The van der Waals surface area contributed by atoms with Crippen LogP contribution in [0.25, 0.3) is 0 Å². The van der Waals surface area contributed by atoms with Gasteiger partial charge in [0.2, 0.25) is 0 Å². The van der Waals surface area contributed by atoms with Gasteiger partial charge in [-0.15, -0.1) is 0 Å². The van der Waals surface area contributed by atoms with E-state index in [1.54, 1.807) is 25.2 Å². The van der Waals surface area contributed by atoms with Crippen LogP contribution in [0.3, 0.4) is 0 Å². The van der Waals surface area contributed by atoms with Crippen molar-refractivity contribution in [3.63, 3.8) is 0 Å². The molecule has 0 aromatic heterocycles. The van der Waals surface area contributed by atoms with Crippen LogP contribution < -0.4 is 9.47 Å². The lowest BCUT2D eigenvalue weighted by Gasteiger charge is -2.20. The van der Waals surface area contributed by atoms with Crippen molar-refractivity contribution in [2.75, 3.05) is 21.3 Å². The van der Waals surface area contributed by atoms with Gasteiger partial charge in [0.1, 0.15) is 11.5 Å². The third-order valence-corrected chi connectivity index (χ3v) is 3.86. The maximum absolute atomic E-state index is 12.7. The fourth-order valence-electron chi connectivity index (χ4n) is 2.38. The molecule has 0 N–H and O–H groups in total. The van der Waals surface area contributed by atoms with Gasteiger partial charge in [0.25, 0.3) is 11.6 Å². The van der Waals surface area contributed by atoms with Crippen LogP contribution in [0.15, 0.2) is 36.4 Å². The van der Waals surface area contributed by atoms with Crippen LogP contribution in [-0.4, -0.2) is 37.0 Å². The molecule has 0 aliphatic heterocycles. The highest BCUT2D eigenvalue weighted by Crippen LogP contribution is 2.27. The predicted molar refractivity (Wildman–Crippen MR) is 93.4 cm³/mol. The van der Waals surface area contributed by atoms with Crippen LogP contribution in [-0.2, 0) is 6.54 Å². The van der Waals surface area contributed by atoms with Gasteiger partial charge in [-0.3, -0.25) is 14.9 Å². The fourth-order valence-corrected chi connectivity index (χ4v) is 2.58. The summed E-state index contributed by atoms with van der Waals surface area (Å²) in [5.74, 6) is 0.443. The first-order valence-corrected chi connectivity index (χ1v) is 7.65. The summed E-state index contributed by atoms with van der Waals surface area (Å²) >= 11 is 6.00. The molecular formula is C17H17ClN2O5. The van der Waals surface area contributed by atoms with Gasteiger partial charge < -0.3 is 14.4 Å². The first-order chi connectivity index (χ1) is 11.9. The van der Waals surface area contributed by atoms with Crippen LogP contribution in [0.1, 0.15) is 15.9 Å². The van der Waals surface area contributed by atoms with Crippen LogP contribution in [0.4, 0.5) is 5.69 Å². The summed E-state index contributed by atoms with van der Waals surface area (Å²) in [4.78, 5) is 24.6. The van der Waals surface area contributed by atoms with E-state index < -0.39 is 10.8 Å². The van der Waals surface area contributed by atoms with E-state index >= 15 is 0 Å². The number of benzene rings is 2. The molecule has 7 nitrogen and oxygen atoms in total. The monoisotopic (exact) mass is 364 g/mol. The standard InChI is InChI=1S/C17H17ClN2O5/c1-19(10-11-8-12(18)4-6-15(11)24-2)17(21)14-9-13(20(22)23)5-7-16(14)25-3/h4-9H,10H2,1-3H3. The quantitative estimate of drug-likeness (QED) is 0.578. The summed E-state index contributed by atoms with van der Waals surface area (Å²) in [6, 6.07) is 9.00. The molecule has 0 heterocycles. The topological polar surface area (TPSA) is 81.9 Å². The number of hydrogen-bond acceptors (Lipinski definition) is 5. The zero-order valence-electron chi connectivity index (χ0n) is 14.0. The van der Waals surface area contributed by atoms with Gasteiger partial charge in [-0.2, -0.15) is 0 Å². The summed E-state index contributed by atoms with van der Waals surface area (Å²) in [5.41, 5.74) is 0.647. The summed E-state index contributed by atoms with van der Waals surface area (Å²) in [7, 11) is 4.51. The van der Waals surface area contributed by atoms with Crippen molar-refractivity contribution in [2.24, 2.45) is 0 Å². The molecule has 0 aliphatic carbocycles. The van der Waals surface area contributed by atoms with E-state index in [1.807, 2.05) is 0 Å². The van der Waals surface area contributed by atoms with E-state index in [0.717, 1.165) is 5.56 Å². The number of nitrogens with zero attached hydrogens (tertiary/aromatic N) is 2. The SMILES string of the molecule is COc1ccc(Cl)cc1CN(C)C(=O)c1cc([N+](=O)[O-])ccc1OC. The first kappa shape index (κ1) is 18.5. The molecule has 0 aliphatic rings. The lowest BCUT2D eigenvalue weighted by molar-refractivity contribution is -0.384. The molecule has 0 radical (unpaired) electrons. The van der Waals surface area contributed by atoms with Gasteiger partial charge in [-0.1, -0.05) is 11.6 Å². The molecule has 132 valence electrons. The number of rotatable bonds is 6. The van der Waals surface area contributed by atoms with Crippen molar-refractivity contribution in [3.8, 4) is 11.5 Å². The molecule has 2 aromatic carbocycles. The predicted octanol–water partition coefficient (Wildman–Crippen LogP) is 3.54. The van der Waals surface area contributed by atoms with Crippen LogP contribution in [0.2, 0.25) is 5.02 Å². The molecular weight excluding hydrogens is 348 g/mol. The number of amides is 1. The second kappa shape index (κ2) is 7.85. The molecule has 0 saturated heterocycles. The molecule has 2 aromatic rings. The van der Waals surface area contributed by atoms with Crippen LogP contribution >= 0.6 is 11.6 Å². The third kappa shape index (κ3) is 4.19. The number of nitro benzene ring substituents is 1. The average Bonchev–Trinajstić information content (AvgIpc) is 2.60. The number of carbonyl (C=O) groups is 1. The minimum absolute atomic E-state index is 0.111. The summed E-state index contributed by atoms with van der Waals surface area (Å²) < 4.78 is 10.4. The van der Waals surface area contributed by atoms with Crippen molar-refractivity contribution in [1.82, 2.24) is 4.90 Å². The molecule has 0 unspecified atom stereocenters. The van der Waals surface area contributed by atoms with E-state index in [1.165, 1.54) is 37.3 Å². The van der Waals surface area contributed by atoms with Crippen molar-refractivity contribution in [3.05, 3.63) is 62.7 Å². The maximum Gasteiger partial charge on any atom is 0.270 e. The van der Waals surface area contributed by atoms with E-state index in [9.17, 15) is 14.9 Å². The fraction of sp³-hybridized carbons (Fsp3) is 0.235. The Kier molecular flexibility index (Phi) is 5.82. The van der Waals surface area contributed by atoms with Crippen LogP contribution in [0.5, 0.6) is 11.5 Å². The highest BCUT2D eigenvalue weighted by atomic mass is 35.5. The lowest BCUT2D eigenvalue weighted by Crippen LogP contribution is -2.27. The van der Waals surface area contributed by atoms with E-state index in [4.69, 9.17) is 21.1 Å². The summed E-state index contributed by atoms with van der Waals surface area (Å²) in [6.45, 7) is 0.217. The van der Waals surface area contributed by atoms with Gasteiger partial charge in [0.05, 0.1) is 24.7 Å². The molecule has 8 heteroatoms. The molecule has 25 heavy (non-hydrogen) atoms. The number of ether oxygens (including phenoxy) is 2. The number of carbonyl (C=O) groups excluding carboxylic acids is 1. The molecule has 0 atom stereocenters. The van der Waals surface area contributed by atoms with E-state index in [0.29, 0.717) is 10.8 Å². The molecule has 1 amide bonds. The van der Waals surface area contributed by atoms with Gasteiger partial charge in [-0.05, 0) is 24.3 Å². The Bertz CT molecular complexity index is 810. The highest BCUT2D eigenvalue weighted by Gasteiger charge is 2.21. The Morgan fingerprint density at radius 1 is 1.16 bits per heavy atom. The largest absolute Gasteiger partial charge is 0.496 e. The Hall–Kier alpha value is -2.80. The van der Waals surface area contributed by atoms with Gasteiger partial charge in [0, 0.05) is 36.3 Å². The molecule has 0 bridgehead atoms. The minimum Gasteiger partial charge on any atom is -0.496 e. The van der Waals surface area contributed by atoms with E-state index in [-0.39, 0.29) is 23.5 Å². The Morgan fingerprint density at radius 3 is 2.40 bits per heavy atom. The number of nitro groups is 1. The lowest BCUT2D eigenvalue weighted by atomic mass is 10.1. The van der Waals surface area contributed by atoms with Gasteiger partial charge in [0.15, 0.2) is 0 Å². The normalized spacial score (nSPS) is 10.2. The first-order valence-electron chi connectivity index (χ1n) is 7.27. The summed E-state index contributed by atoms with van der Waals surface area (Å²) in [6.07, 6.45) is 0. The molecule has 0 fully saturated rings. The zero-order valence-corrected chi connectivity index (χ0v) is 14.7. The van der Waals surface area contributed by atoms with Crippen LogP contribution in [0, 0.1) is 10.1 Å². The Morgan fingerprint density at radius 2 is 1.80 bits per heavy atom. The van der Waals surface area contributed by atoms with Crippen molar-refractivity contribution < 1.29 is 19.2 Å². The van der Waals surface area contributed by atoms with Gasteiger partial charge in [-0.25, -0.2) is 0 Å². The van der Waals surface area contributed by atoms with Gasteiger partial charge >= 0.3 is 0 Å². The second-order valence-electron chi connectivity index (χ2n) is 5.26. The molecule has 0 saturated carbocycles. The summed E-state index contributed by atoms with van der Waals surface area (Å²) in [5, 5.41) is 11.5. The Labute approximate surface area is 149 Å². The van der Waals surface area contributed by atoms with Crippen molar-refractivity contribution in [2.45, 2.75) is 6.54 Å². The third-order valence-electron chi connectivity index (χ3n) is 3.62. The average molecular weight is 365 g/mol.